The molecule has 36 heavy (non-hydrogen) atoms. The summed E-state index contributed by atoms with van der Waals surface area (Å²) < 4.78 is 39.5. The first-order valence-electron chi connectivity index (χ1n) is 12.2. The van der Waals surface area contributed by atoms with Crippen molar-refractivity contribution >= 4 is 21.6 Å². The monoisotopic (exact) mass is 512 g/mol. The summed E-state index contributed by atoms with van der Waals surface area (Å²) in [4.78, 5) is 17.3. The lowest BCUT2D eigenvalue weighted by atomic mass is 9.96. The highest BCUT2D eigenvalue weighted by Gasteiger charge is 2.26. The van der Waals surface area contributed by atoms with Crippen LogP contribution < -0.4 is 14.8 Å². The quantitative estimate of drug-likeness (QED) is 0.427. The van der Waals surface area contributed by atoms with E-state index in [4.69, 9.17) is 9.26 Å². The first-order valence-corrected chi connectivity index (χ1v) is 13.7. The van der Waals surface area contributed by atoms with E-state index in [1.165, 1.54) is 19.2 Å². The molecule has 1 amide bonds. The number of hydrogen-bond donors (Lipinski definition) is 2. The second-order valence-electron chi connectivity index (χ2n) is 9.35. The summed E-state index contributed by atoms with van der Waals surface area (Å²) in [6.45, 7) is 3.98. The molecular weight excluding hydrogens is 480 g/mol. The average molecular weight is 513 g/mol. The van der Waals surface area contributed by atoms with E-state index in [9.17, 15) is 13.2 Å². The Balaban J connectivity index is 1.45. The van der Waals surface area contributed by atoms with E-state index in [2.05, 4.69) is 20.2 Å². The molecule has 4 rings (SSSR count). The summed E-state index contributed by atoms with van der Waals surface area (Å²) in [6, 6.07) is 11.6. The van der Waals surface area contributed by atoms with E-state index in [0.717, 1.165) is 37.7 Å². The predicted molar refractivity (Wildman–Crippen MR) is 136 cm³/mol. The van der Waals surface area contributed by atoms with Crippen LogP contribution in [0, 0.1) is 0 Å². The number of carbonyl (C=O) groups excluding carboxylic acids is 1. The van der Waals surface area contributed by atoms with Gasteiger partial charge in [0.1, 0.15) is 10.6 Å². The van der Waals surface area contributed by atoms with Gasteiger partial charge in [0.2, 0.25) is 15.9 Å². The summed E-state index contributed by atoms with van der Waals surface area (Å²) in [7, 11) is -2.43. The van der Waals surface area contributed by atoms with Gasteiger partial charge >= 0.3 is 0 Å². The number of benzene rings is 2. The zero-order chi connectivity index (χ0) is 25.7. The third-order valence-corrected chi connectivity index (χ3v) is 7.74. The van der Waals surface area contributed by atoms with Crippen molar-refractivity contribution in [2.24, 2.45) is 0 Å². The molecule has 10 heteroatoms. The second-order valence-corrected chi connectivity index (χ2v) is 11.0. The highest BCUT2D eigenvalue weighted by molar-refractivity contribution is 7.89. The summed E-state index contributed by atoms with van der Waals surface area (Å²) in [5.74, 6) is 1.15. The lowest BCUT2D eigenvalue weighted by Gasteiger charge is -2.23. The normalized spacial score (nSPS) is 14.7. The number of carbonyl (C=O) groups is 1. The second kappa shape index (κ2) is 11.2. The van der Waals surface area contributed by atoms with E-state index in [1.807, 2.05) is 26.0 Å². The molecule has 1 aliphatic carbocycles. The highest BCUT2D eigenvalue weighted by Crippen LogP contribution is 2.27. The lowest BCUT2D eigenvalue weighted by molar-refractivity contribution is 0.102. The van der Waals surface area contributed by atoms with Crippen LogP contribution in [0.4, 0.5) is 5.69 Å². The Hall–Kier alpha value is -3.24. The van der Waals surface area contributed by atoms with Crippen LogP contribution >= 0.6 is 0 Å². The molecule has 9 nitrogen and oxygen atoms in total. The molecule has 2 aromatic carbocycles. The van der Waals surface area contributed by atoms with Gasteiger partial charge in [-0.3, -0.25) is 4.79 Å². The maximum Gasteiger partial charge on any atom is 0.255 e. The Morgan fingerprint density at radius 1 is 1.11 bits per heavy atom. The molecule has 0 radical (unpaired) electrons. The van der Waals surface area contributed by atoms with Crippen molar-refractivity contribution < 1.29 is 22.5 Å². The fourth-order valence-electron chi connectivity index (χ4n) is 4.20. The third kappa shape index (κ3) is 6.30. The molecule has 1 aromatic heterocycles. The molecule has 3 aromatic rings. The number of methoxy groups -OCH3 is 1. The van der Waals surface area contributed by atoms with Crippen LogP contribution in [-0.4, -0.2) is 37.6 Å². The molecular formula is C26H32N4O5S. The van der Waals surface area contributed by atoms with E-state index in [-0.39, 0.29) is 28.2 Å². The van der Waals surface area contributed by atoms with Crippen molar-refractivity contribution in [3.8, 4) is 5.75 Å². The molecule has 0 atom stereocenters. The van der Waals surface area contributed by atoms with Gasteiger partial charge in [-0.1, -0.05) is 50.4 Å². The first-order chi connectivity index (χ1) is 17.2. The predicted octanol–water partition coefficient (Wildman–Crippen LogP) is 4.66. The van der Waals surface area contributed by atoms with E-state index < -0.39 is 15.9 Å². The Morgan fingerprint density at radius 2 is 1.83 bits per heavy atom. The number of nitrogens with one attached hydrogen (secondary N) is 2. The topological polar surface area (TPSA) is 123 Å². The fourth-order valence-corrected chi connectivity index (χ4v) is 5.70. The molecule has 0 spiro atoms. The zero-order valence-electron chi connectivity index (χ0n) is 20.8. The van der Waals surface area contributed by atoms with Crippen LogP contribution in [0.25, 0.3) is 0 Å². The standard InChI is InChI=1S/C26H32N4O5S/c1-17(2)26-28-24(29-35-26)15-18-9-12-20(13-10-18)27-25(31)19-11-14-22(34-3)23(16-19)36(32,33)30-21-7-5-4-6-8-21/h9-14,16-17,21,30H,4-8,15H2,1-3H3,(H,27,31). The zero-order valence-corrected chi connectivity index (χ0v) is 21.6. The molecule has 192 valence electrons. The lowest BCUT2D eigenvalue weighted by Crippen LogP contribution is -2.36. The molecule has 0 aliphatic heterocycles. The Bertz CT molecular complexity index is 1300. The maximum absolute atomic E-state index is 13.1. The first kappa shape index (κ1) is 25.8. The van der Waals surface area contributed by atoms with Gasteiger partial charge in [0.15, 0.2) is 5.82 Å². The van der Waals surface area contributed by atoms with Gasteiger partial charge in [-0.25, -0.2) is 13.1 Å². The molecule has 1 saturated carbocycles. The van der Waals surface area contributed by atoms with E-state index >= 15 is 0 Å². The smallest absolute Gasteiger partial charge is 0.255 e. The molecule has 1 heterocycles. The van der Waals surface area contributed by atoms with Gasteiger partial charge in [0.25, 0.3) is 5.91 Å². The van der Waals surface area contributed by atoms with Crippen LogP contribution in [-0.2, 0) is 16.4 Å². The minimum Gasteiger partial charge on any atom is -0.495 e. The van der Waals surface area contributed by atoms with Crippen molar-refractivity contribution in [3.63, 3.8) is 0 Å². The molecule has 0 bridgehead atoms. The highest BCUT2D eigenvalue weighted by atomic mass is 32.2. The summed E-state index contributed by atoms with van der Waals surface area (Å²) in [5.41, 5.74) is 1.77. The number of aromatic nitrogens is 2. The van der Waals surface area contributed by atoms with Crippen LogP contribution in [0.1, 0.15) is 79.5 Å². The van der Waals surface area contributed by atoms with Gasteiger partial charge < -0.3 is 14.6 Å². The minimum atomic E-state index is -3.85. The Kier molecular flexibility index (Phi) is 8.05. The number of anilines is 1. The number of hydrogen-bond acceptors (Lipinski definition) is 7. The largest absolute Gasteiger partial charge is 0.495 e. The summed E-state index contributed by atoms with van der Waals surface area (Å²) in [6.07, 6.45) is 5.25. The molecule has 1 fully saturated rings. The Labute approximate surface area is 211 Å². The number of amides is 1. The van der Waals surface area contributed by atoms with E-state index in [1.54, 1.807) is 18.2 Å². The van der Waals surface area contributed by atoms with Gasteiger partial charge in [0.05, 0.1) is 7.11 Å². The molecule has 0 saturated heterocycles. The SMILES string of the molecule is COc1ccc(C(=O)Nc2ccc(Cc3noc(C(C)C)n3)cc2)cc1S(=O)(=O)NC1CCCCC1. The summed E-state index contributed by atoms with van der Waals surface area (Å²) >= 11 is 0. The summed E-state index contributed by atoms with van der Waals surface area (Å²) in [5, 5.41) is 6.82. The van der Waals surface area contributed by atoms with Crippen LogP contribution in [0.15, 0.2) is 51.9 Å². The minimum absolute atomic E-state index is 0.0422. The molecule has 2 N–H and O–H groups in total. The number of sulfonamides is 1. The van der Waals surface area contributed by atoms with Gasteiger partial charge in [-0.15, -0.1) is 0 Å². The number of ether oxygens (including phenoxy) is 1. The van der Waals surface area contributed by atoms with Crippen molar-refractivity contribution in [3.05, 3.63) is 65.3 Å². The van der Waals surface area contributed by atoms with Crippen molar-refractivity contribution in [1.82, 2.24) is 14.9 Å². The third-order valence-electron chi connectivity index (χ3n) is 6.19. The fraction of sp³-hybridized carbons (Fsp3) is 0.423. The van der Waals surface area contributed by atoms with Crippen LogP contribution in [0.5, 0.6) is 5.75 Å². The van der Waals surface area contributed by atoms with Crippen LogP contribution in [0.3, 0.4) is 0 Å². The van der Waals surface area contributed by atoms with Gasteiger partial charge in [0, 0.05) is 29.6 Å². The van der Waals surface area contributed by atoms with Gasteiger partial charge in [-0.2, -0.15) is 4.98 Å². The number of nitrogens with zero attached hydrogens (tertiary/aromatic N) is 2. The molecule has 0 unspecified atom stereocenters. The van der Waals surface area contributed by atoms with Crippen molar-refractivity contribution in [1.29, 1.82) is 0 Å². The average Bonchev–Trinajstić information content (AvgIpc) is 3.34. The number of rotatable bonds is 9. The van der Waals surface area contributed by atoms with Crippen molar-refractivity contribution in [2.45, 2.75) is 69.2 Å². The van der Waals surface area contributed by atoms with Crippen LogP contribution in [0.2, 0.25) is 0 Å². The molecule has 1 aliphatic rings. The van der Waals surface area contributed by atoms with Gasteiger partial charge in [-0.05, 0) is 48.7 Å². The maximum atomic E-state index is 13.1. The van der Waals surface area contributed by atoms with E-state index in [0.29, 0.717) is 23.8 Å². The van der Waals surface area contributed by atoms with Crippen molar-refractivity contribution in [2.75, 3.05) is 12.4 Å². The Morgan fingerprint density at radius 3 is 2.47 bits per heavy atom.